The maximum absolute atomic E-state index is 12.6. The van der Waals surface area contributed by atoms with Crippen molar-refractivity contribution >= 4 is 17.7 Å². The smallest absolute Gasteiger partial charge is 0.255 e. The first kappa shape index (κ1) is 16.1. The molecule has 0 bridgehead atoms. The average molecular weight is 341 g/mol. The molecule has 131 valence electrons. The van der Waals surface area contributed by atoms with Crippen molar-refractivity contribution in [2.75, 3.05) is 0 Å². The molecule has 0 spiro atoms. The van der Waals surface area contributed by atoms with Crippen molar-refractivity contribution in [3.05, 3.63) is 35.7 Å². The number of hydrogen-bond acceptors (Lipinski definition) is 4. The third-order valence-electron chi connectivity index (χ3n) is 5.16. The molecule has 4 rings (SSSR count). The molecule has 1 aromatic rings. The predicted octanol–water partition coefficient (Wildman–Crippen LogP) is 1.97. The molecule has 1 N–H and O–H groups in total. The number of imide groups is 1. The zero-order chi connectivity index (χ0) is 17.4. The second-order valence-electron chi connectivity index (χ2n) is 6.91. The predicted molar refractivity (Wildman–Crippen MR) is 89.7 cm³/mol. The number of amides is 3. The zero-order valence-electron chi connectivity index (χ0n) is 14.0. The highest BCUT2D eigenvalue weighted by Gasteiger charge is 2.39. The van der Waals surface area contributed by atoms with E-state index in [9.17, 15) is 14.4 Å². The van der Waals surface area contributed by atoms with E-state index in [1.54, 1.807) is 11.0 Å². The van der Waals surface area contributed by atoms with E-state index < -0.39 is 6.04 Å². The first-order chi connectivity index (χ1) is 12.1. The summed E-state index contributed by atoms with van der Waals surface area (Å²) in [6.45, 7) is 0.383. The Labute approximate surface area is 146 Å². The van der Waals surface area contributed by atoms with Gasteiger partial charge in [0.05, 0.1) is 6.10 Å². The Bertz CT molecular complexity index is 724. The van der Waals surface area contributed by atoms with Gasteiger partial charge in [0.1, 0.15) is 11.8 Å². The number of nitrogens with one attached hydrogen (secondary N) is 1. The number of hydrogen-bond donors (Lipinski definition) is 1. The Morgan fingerprint density at radius 1 is 1.16 bits per heavy atom. The zero-order valence-corrected chi connectivity index (χ0v) is 14.0. The lowest BCUT2D eigenvalue weighted by Crippen LogP contribution is -2.52. The van der Waals surface area contributed by atoms with Gasteiger partial charge in [-0.2, -0.15) is 0 Å². The summed E-state index contributed by atoms with van der Waals surface area (Å²) in [6, 6.07) is 4.95. The second kappa shape index (κ2) is 6.50. The molecule has 2 unspecified atom stereocenters. The van der Waals surface area contributed by atoms with Crippen LogP contribution in [0.5, 0.6) is 5.75 Å². The topological polar surface area (TPSA) is 75.7 Å². The largest absolute Gasteiger partial charge is 0.490 e. The van der Waals surface area contributed by atoms with Crippen LogP contribution in [0.2, 0.25) is 0 Å². The second-order valence-corrected chi connectivity index (χ2v) is 6.91. The van der Waals surface area contributed by atoms with Crippen LogP contribution < -0.4 is 10.1 Å². The molecule has 3 amide bonds. The van der Waals surface area contributed by atoms with Gasteiger partial charge in [-0.3, -0.25) is 19.7 Å². The maximum atomic E-state index is 12.6. The Morgan fingerprint density at radius 2 is 2.04 bits per heavy atom. The lowest BCUT2D eigenvalue weighted by Gasteiger charge is -2.29. The molecule has 25 heavy (non-hydrogen) atoms. The Morgan fingerprint density at radius 3 is 2.80 bits per heavy atom. The molecular weight excluding hydrogens is 320 g/mol. The molecule has 2 heterocycles. The highest BCUT2D eigenvalue weighted by atomic mass is 16.5. The molecule has 2 aliphatic heterocycles. The normalized spacial score (nSPS) is 24.2. The van der Waals surface area contributed by atoms with E-state index in [0.29, 0.717) is 18.5 Å². The molecule has 1 aromatic carbocycles. The van der Waals surface area contributed by atoms with Gasteiger partial charge in [0.25, 0.3) is 5.91 Å². The van der Waals surface area contributed by atoms with Gasteiger partial charge in [-0.15, -0.1) is 0 Å². The summed E-state index contributed by atoms with van der Waals surface area (Å²) >= 11 is 0. The maximum Gasteiger partial charge on any atom is 0.255 e. The Kier molecular flexibility index (Phi) is 4.19. The Hall–Kier alpha value is -2.37. The molecule has 1 radical (unpaired) electrons. The first-order valence-corrected chi connectivity index (χ1v) is 8.88. The number of ether oxygens (including phenoxy) is 1. The number of fused-ring (bicyclic) bond motifs is 1. The fourth-order valence-electron chi connectivity index (χ4n) is 3.84. The fourth-order valence-corrected chi connectivity index (χ4v) is 3.84. The van der Waals surface area contributed by atoms with Crippen LogP contribution in [-0.4, -0.2) is 34.8 Å². The van der Waals surface area contributed by atoms with Crippen LogP contribution >= 0.6 is 0 Å². The van der Waals surface area contributed by atoms with Crippen molar-refractivity contribution in [2.24, 2.45) is 0 Å². The van der Waals surface area contributed by atoms with Crippen molar-refractivity contribution in [3.63, 3.8) is 0 Å². The van der Waals surface area contributed by atoms with E-state index in [0.717, 1.165) is 37.0 Å². The minimum absolute atomic E-state index is 0.151. The van der Waals surface area contributed by atoms with E-state index in [-0.39, 0.29) is 30.2 Å². The van der Waals surface area contributed by atoms with Crippen molar-refractivity contribution in [1.82, 2.24) is 10.2 Å². The lowest BCUT2D eigenvalue weighted by atomic mass is 9.98. The average Bonchev–Trinajstić information content (AvgIpc) is 2.92. The van der Waals surface area contributed by atoms with Crippen LogP contribution in [0.3, 0.4) is 0 Å². The first-order valence-electron chi connectivity index (χ1n) is 8.88. The van der Waals surface area contributed by atoms with E-state index in [1.165, 1.54) is 0 Å². The van der Waals surface area contributed by atoms with Crippen molar-refractivity contribution in [1.29, 1.82) is 0 Å². The highest BCUT2D eigenvalue weighted by Crippen LogP contribution is 2.31. The van der Waals surface area contributed by atoms with Gasteiger partial charge < -0.3 is 9.64 Å². The number of carbonyl (C=O) groups is 3. The summed E-state index contributed by atoms with van der Waals surface area (Å²) in [6.07, 6.45) is 7.42. The lowest BCUT2D eigenvalue weighted by molar-refractivity contribution is -0.136. The van der Waals surface area contributed by atoms with E-state index in [4.69, 9.17) is 4.74 Å². The summed E-state index contributed by atoms with van der Waals surface area (Å²) in [5, 5.41) is 2.32. The Balaban J connectivity index is 1.49. The molecule has 1 aliphatic carbocycles. The van der Waals surface area contributed by atoms with Crippen LogP contribution in [0.1, 0.15) is 54.4 Å². The summed E-state index contributed by atoms with van der Waals surface area (Å²) < 4.78 is 6.05. The minimum Gasteiger partial charge on any atom is -0.490 e. The quantitative estimate of drug-likeness (QED) is 0.853. The van der Waals surface area contributed by atoms with Gasteiger partial charge in [-0.25, -0.2) is 0 Å². The number of carbonyl (C=O) groups excluding carboxylic acids is 3. The van der Waals surface area contributed by atoms with E-state index in [2.05, 4.69) is 11.7 Å². The summed E-state index contributed by atoms with van der Waals surface area (Å²) in [5.41, 5.74) is 1.50. The molecule has 3 aliphatic rings. The molecule has 0 aromatic heterocycles. The highest BCUT2D eigenvalue weighted by molar-refractivity contribution is 6.05. The third-order valence-corrected chi connectivity index (χ3v) is 5.16. The molecule has 6 heteroatoms. The van der Waals surface area contributed by atoms with Crippen LogP contribution in [0, 0.1) is 6.42 Å². The monoisotopic (exact) mass is 341 g/mol. The van der Waals surface area contributed by atoms with Gasteiger partial charge in [0, 0.05) is 18.5 Å². The van der Waals surface area contributed by atoms with Crippen LogP contribution in [0.25, 0.3) is 0 Å². The number of rotatable bonds is 3. The van der Waals surface area contributed by atoms with Gasteiger partial charge in [-0.05, 0) is 62.3 Å². The third kappa shape index (κ3) is 3.13. The number of nitrogens with zero attached hydrogens (tertiary/aromatic N) is 1. The summed E-state index contributed by atoms with van der Waals surface area (Å²) in [7, 11) is 0. The molecule has 6 nitrogen and oxygen atoms in total. The molecule has 1 saturated carbocycles. The van der Waals surface area contributed by atoms with Gasteiger partial charge in [0.15, 0.2) is 0 Å². The van der Waals surface area contributed by atoms with Gasteiger partial charge in [-0.1, -0.05) is 0 Å². The van der Waals surface area contributed by atoms with Crippen LogP contribution in [0.4, 0.5) is 0 Å². The summed E-state index contributed by atoms with van der Waals surface area (Å²) in [4.78, 5) is 37.6. The molecule has 2 atom stereocenters. The van der Waals surface area contributed by atoms with Gasteiger partial charge in [0.2, 0.25) is 11.8 Å². The van der Waals surface area contributed by atoms with Crippen molar-refractivity contribution < 1.29 is 19.1 Å². The standard InChI is InChI=1S/C19H21N2O4/c22-17-9-8-16(18(23)20-17)21-11-12-10-14(6-7-15(12)19(21)24)25-13-4-2-1-3-5-13/h2,6-7,10,13,16H,1,3-5,8-9,11H2,(H,20,22,23). The SMILES string of the molecule is O=C1CCC(N2Cc3cc(OC4C[CH]CCC4)ccc3C2=O)C(=O)N1. The number of piperidine rings is 1. The van der Waals surface area contributed by atoms with Crippen molar-refractivity contribution in [3.8, 4) is 5.75 Å². The minimum atomic E-state index is -0.574. The van der Waals surface area contributed by atoms with Crippen molar-refractivity contribution in [2.45, 2.75) is 57.2 Å². The van der Waals surface area contributed by atoms with Crippen LogP contribution in [0.15, 0.2) is 18.2 Å². The van der Waals surface area contributed by atoms with E-state index >= 15 is 0 Å². The number of benzene rings is 1. The van der Waals surface area contributed by atoms with Gasteiger partial charge >= 0.3 is 0 Å². The van der Waals surface area contributed by atoms with Crippen LogP contribution in [-0.2, 0) is 16.1 Å². The molecule has 2 fully saturated rings. The molecule has 1 saturated heterocycles. The molecular formula is C19H21N2O4. The van der Waals surface area contributed by atoms with E-state index in [1.807, 2.05) is 12.1 Å². The fraction of sp³-hybridized carbons (Fsp3) is 0.474. The summed E-state index contributed by atoms with van der Waals surface area (Å²) in [5.74, 6) is -0.0315.